The smallest absolute Gasteiger partial charge is 0.223 e. The number of hydrogen-bond acceptors (Lipinski definition) is 6. The zero-order chi connectivity index (χ0) is 19.2. The van der Waals surface area contributed by atoms with Gasteiger partial charge in [0, 0.05) is 31.9 Å². The van der Waals surface area contributed by atoms with Crippen molar-refractivity contribution in [1.29, 1.82) is 0 Å². The van der Waals surface area contributed by atoms with Crippen LogP contribution in [0.3, 0.4) is 0 Å². The highest BCUT2D eigenvalue weighted by Gasteiger charge is 2.33. The van der Waals surface area contributed by atoms with E-state index in [2.05, 4.69) is 29.5 Å². The minimum atomic E-state index is -0.352. The molecule has 0 unspecified atom stereocenters. The Balaban J connectivity index is 1.46. The summed E-state index contributed by atoms with van der Waals surface area (Å²) in [6.45, 7) is 6.13. The van der Waals surface area contributed by atoms with Crippen molar-refractivity contribution in [2.24, 2.45) is 5.92 Å². The first-order chi connectivity index (χ1) is 13.1. The molecule has 1 amide bonds. The summed E-state index contributed by atoms with van der Waals surface area (Å²) in [5.74, 6) is 0.439. The number of nitrogens with zero attached hydrogens (tertiary/aromatic N) is 3. The first-order valence-electron chi connectivity index (χ1n) is 10.1. The number of aromatic nitrogens is 3. The maximum atomic E-state index is 12.5. The van der Waals surface area contributed by atoms with Crippen LogP contribution in [0.4, 0.5) is 0 Å². The molecular formula is C19H32N4O4. The van der Waals surface area contributed by atoms with E-state index in [4.69, 9.17) is 9.47 Å². The lowest BCUT2D eigenvalue weighted by molar-refractivity contribution is -0.134. The maximum Gasteiger partial charge on any atom is 0.223 e. The number of rotatable bonds is 7. The molecule has 2 fully saturated rings. The van der Waals surface area contributed by atoms with Crippen molar-refractivity contribution in [3.8, 4) is 0 Å². The summed E-state index contributed by atoms with van der Waals surface area (Å²) in [5, 5.41) is 21.2. The lowest BCUT2D eigenvalue weighted by Crippen LogP contribution is -2.52. The van der Waals surface area contributed by atoms with Crippen molar-refractivity contribution in [3.63, 3.8) is 0 Å². The summed E-state index contributed by atoms with van der Waals surface area (Å²) in [7, 11) is 0. The van der Waals surface area contributed by atoms with Gasteiger partial charge in [0.1, 0.15) is 6.10 Å². The number of nitrogens with one attached hydrogen (secondary N) is 1. The van der Waals surface area contributed by atoms with Crippen LogP contribution >= 0.6 is 0 Å². The highest BCUT2D eigenvalue weighted by atomic mass is 16.5. The normalized spacial score (nSPS) is 27.0. The number of aliphatic hydroxyl groups excluding tert-OH is 1. The summed E-state index contributed by atoms with van der Waals surface area (Å²) in [6.07, 6.45) is 5.72. The number of ether oxygens (including phenoxy) is 2. The molecule has 1 aromatic rings. The molecule has 3 rings (SSSR count). The topological polar surface area (TPSA) is 98.5 Å². The second kappa shape index (κ2) is 9.61. The SMILES string of the molecule is CC(C)c1cn(CC[C@H]2CC[C@H](NC(=O)C3CCOCC3)[C@@H](CO)O2)nn1. The molecule has 3 atom stereocenters. The predicted octanol–water partition coefficient (Wildman–Crippen LogP) is 1.24. The first kappa shape index (κ1) is 20.2. The molecule has 2 saturated heterocycles. The maximum absolute atomic E-state index is 12.5. The molecule has 3 heterocycles. The Morgan fingerprint density at radius 2 is 2.11 bits per heavy atom. The van der Waals surface area contributed by atoms with Crippen molar-refractivity contribution >= 4 is 5.91 Å². The van der Waals surface area contributed by atoms with Gasteiger partial charge in [0.2, 0.25) is 5.91 Å². The Morgan fingerprint density at radius 1 is 1.33 bits per heavy atom. The summed E-state index contributed by atoms with van der Waals surface area (Å²) < 4.78 is 13.2. The molecule has 8 heteroatoms. The Bertz CT molecular complexity index is 600. The van der Waals surface area contributed by atoms with E-state index in [0.717, 1.165) is 44.3 Å². The van der Waals surface area contributed by atoms with Gasteiger partial charge in [-0.15, -0.1) is 5.10 Å². The van der Waals surface area contributed by atoms with Gasteiger partial charge in [-0.25, -0.2) is 0 Å². The molecule has 0 bridgehead atoms. The van der Waals surface area contributed by atoms with Gasteiger partial charge in [-0.3, -0.25) is 9.48 Å². The van der Waals surface area contributed by atoms with Crippen molar-refractivity contribution < 1.29 is 19.4 Å². The number of carbonyl (C=O) groups excluding carboxylic acids is 1. The van der Waals surface area contributed by atoms with Gasteiger partial charge in [-0.2, -0.15) is 0 Å². The van der Waals surface area contributed by atoms with Gasteiger partial charge in [-0.05, 0) is 38.0 Å². The lowest BCUT2D eigenvalue weighted by Gasteiger charge is -2.37. The zero-order valence-corrected chi connectivity index (χ0v) is 16.3. The van der Waals surface area contributed by atoms with Gasteiger partial charge in [0.05, 0.1) is 24.4 Å². The van der Waals surface area contributed by atoms with Gasteiger partial charge in [0.15, 0.2) is 0 Å². The van der Waals surface area contributed by atoms with Crippen molar-refractivity contribution in [2.75, 3.05) is 19.8 Å². The quantitative estimate of drug-likeness (QED) is 0.739. The Labute approximate surface area is 160 Å². The second-order valence-corrected chi connectivity index (χ2v) is 7.91. The Kier molecular flexibility index (Phi) is 7.20. The first-order valence-corrected chi connectivity index (χ1v) is 10.1. The highest BCUT2D eigenvalue weighted by molar-refractivity contribution is 5.79. The van der Waals surface area contributed by atoms with Crippen LogP contribution in [0.2, 0.25) is 0 Å². The molecule has 0 saturated carbocycles. The third kappa shape index (κ3) is 5.49. The van der Waals surface area contributed by atoms with Crippen LogP contribution in [-0.4, -0.2) is 64.1 Å². The van der Waals surface area contributed by atoms with Crippen molar-refractivity contribution in [3.05, 3.63) is 11.9 Å². The van der Waals surface area contributed by atoms with Crippen LogP contribution in [0.1, 0.15) is 57.6 Å². The van der Waals surface area contributed by atoms with Crippen LogP contribution in [0.5, 0.6) is 0 Å². The minimum absolute atomic E-state index is 0.0123. The van der Waals surface area contributed by atoms with Crippen LogP contribution in [0.15, 0.2) is 6.20 Å². The molecule has 27 heavy (non-hydrogen) atoms. The Hall–Kier alpha value is -1.51. The van der Waals surface area contributed by atoms with E-state index in [0.29, 0.717) is 19.1 Å². The summed E-state index contributed by atoms with van der Waals surface area (Å²) >= 11 is 0. The van der Waals surface area contributed by atoms with Crippen molar-refractivity contribution in [2.45, 2.75) is 76.7 Å². The molecule has 1 aromatic heterocycles. The largest absolute Gasteiger partial charge is 0.394 e. The molecule has 0 aromatic carbocycles. The molecule has 0 aliphatic carbocycles. The Morgan fingerprint density at radius 3 is 2.78 bits per heavy atom. The summed E-state index contributed by atoms with van der Waals surface area (Å²) in [4.78, 5) is 12.5. The standard InChI is InChI=1S/C19H32N4O4/c1-13(2)17-11-23(22-21-17)8-5-15-3-4-16(18(12-24)27-15)20-19(25)14-6-9-26-10-7-14/h11,13-16,18,24H,3-10,12H2,1-2H3,(H,20,25)/t15-,16+,18-/m1/s1. The number of aryl methyl sites for hydroxylation is 1. The van der Waals surface area contributed by atoms with E-state index in [1.165, 1.54) is 0 Å². The molecule has 8 nitrogen and oxygen atoms in total. The minimum Gasteiger partial charge on any atom is -0.394 e. The summed E-state index contributed by atoms with van der Waals surface area (Å²) in [6, 6.07) is -0.125. The molecule has 0 radical (unpaired) electrons. The fourth-order valence-electron chi connectivity index (χ4n) is 3.73. The molecular weight excluding hydrogens is 348 g/mol. The molecule has 152 valence electrons. The van der Waals surface area contributed by atoms with E-state index < -0.39 is 0 Å². The average molecular weight is 380 g/mol. The molecule has 2 aliphatic heterocycles. The monoisotopic (exact) mass is 380 g/mol. The van der Waals surface area contributed by atoms with Crippen LogP contribution in [0, 0.1) is 5.92 Å². The van der Waals surface area contributed by atoms with Gasteiger partial charge < -0.3 is 19.9 Å². The van der Waals surface area contributed by atoms with E-state index >= 15 is 0 Å². The molecule has 2 N–H and O–H groups in total. The van der Waals surface area contributed by atoms with Gasteiger partial charge in [0.25, 0.3) is 0 Å². The third-order valence-electron chi connectivity index (χ3n) is 5.54. The van der Waals surface area contributed by atoms with E-state index in [1.807, 2.05) is 10.9 Å². The van der Waals surface area contributed by atoms with Gasteiger partial charge in [-0.1, -0.05) is 19.1 Å². The predicted molar refractivity (Wildman–Crippen MR) is 99.2 cm³/mol. The number of hydrogen-bond donors (Lipinski definition) is 2. The van der Waals surface area contributed by atoms with Crippen LogP contribution in [-0.2, 0) is 20.8 Å². The zero-order valence-electron chi connectivity index (χ0n) is 16.3. The second-order valence-electron chi connectivity index (χ2n) is 7.91. The van der Waals surface area contributed by atoms with Crippen LogP contribution in [0.25, 0.3) is 0 Å². The highest BCUT2D eigenvalue weighted by Crippen LogP contribution is 2.24. The van der Waals surface area contributed by atoms with E-state index in [9.17, 15) is 9.90 Å². The summed E-state index contributed by atoms with van der Waals surface area (Å²) in [5.41, 5.74) is 0.990. The number of aliphatic hydroxyl groups is 1. The third-order valence-corrected chi connectivity index (χ3v) is 5.54. The average Bonchev–Trinajstić information content (AvgIpc) is 3.17. The van der Waals surface area contributed by atoms with Crippen LogP contribution < -0.4 is 5.32 Å². The molecule has 2 aliphatic rings. The fourth-order valence-corrected chi connectivity index (χ4v) is 3.73. The van der Waals surface area contributed by atoms with E-state index in [-0.39, 0.29) is 36.7 Å². The molecule has 0 spiro atoms. The lowest BCUT2D eigenvalue weighted by atomic mass is 9.94. The van der Waals surface area contributed by atoms with Crippen molar-refractivity contribution in [1.82, 2.24) is 20.3 Å². The number of carbonyl (C=O) groups is 1. The van der Waals surface area contributed by atoms with Gasteiger partial charge >= 0.3 is 0 Å². The number of amides is 1. The van der Waals surface area contributed by atoms with E-state index in [1.54, 1.807) is 0 Å². The fraction of sp³-hybridized carbons (Fsp3) is 0.842.